The van der Waals surface area contributed by atoms with Crippen LogP contribution in [0, 0.1) is 0 Å². The summed E-state index contributed by atoms with van der Waals surface area (Å²) in [6.45, 7) is 9.47. The molecule has 1 heterocycles. The molecule has 0 bridgehead atoms. The largest absolute Gasteiger partial charge is 0.308 e. The third-order valence-corrected chi connectivity index (χ3v) is 4.74. The second kappa shape index (κ2) is 9.85. The van der Waals surface area contributed by atoms with Crippen LogP contribution in [0.15, 0.2) is 73.3 Å². The lowest BCUT2D eigenvalue weighted by Crippen LogP contribution is -2.60. The second-order valence-corrected chi connectivity index (χ2v) is 6.11. The van der Waals surface area contributed by atoms with Crippen LogP contribution in [0.3, 0.4) is 0 Å². The summed E-state index contributed by atoms with van der Waals surface area (Å²) in [5.74, 6) is 0. The van der Waals surface area contributed by atoms with Gasteiger partial charge in [-0.2, -0.15) is 0 Å². The van der Waals surface area contributed by atoms with E-state index in [1.54, 1.807) is 0 Å². The first-order valence-electron chi connectivity index (χ1n) is 8.13. The van der Waals surface area contributed by atoms with Gasteiger partial charge < -0.3 is 9.80 Å². The number of quaternary nitrogens is 1. The van der Waals surface area contributed by atoms with Crippen molar-refractivity contribution in [1.29, 1.82) is 0 Å². The molecule has 2 aromatic carbocycles. The molecule has 1 N–H and O–H groups in total. The lowest BCUT2D eigenvalue weighted by atomic mass is 9.93. The number of hydrogen-bond donors (Lipinski definition) is 1. The summed E-state index contributed by atoms with van der Waals surface area (Å²) in [4.78, 5) is 0. The van der Waals surface area contributed by atoms with Crippen molar-refractivity contribution in [3.8, 4) is 0 Å². The molecule has 130 valence electrons. The summed E-state index contributed by atoms with van der Waals surface area (Å²) < 4.78 is 1.06. The molecule has 3 rings (SSSR count). The molecule has 0 unspecified atom stereocenters. The molecule has 0 radical (unpaired) electrons. The van der Waals surface area contributed by atoms with Crippen molar-refractivity contribution in [2.75, 3.05) is 32.7 Å². The van der Waals surface area contributed by atoms with Gasteiger partial charge in [-0.1, -0.05) is 67.2 Å². The molecule has 0 aromatic heterocycles. The van der Waals surface area contributed by atoms with Crippen LogP contribution in [0.4, 0.5) is 0 Å². The van der Waals surface area contributed by atoms with Gasteiger partial charge in [0.2, 0.25) is 0 Å². The lowest BCUT2D eigenvalue weighted by molar-refractivity contribution is -0.948. The topological polar surface area (TPSA) is 12.0 Å². The summed E-state index contributed by atoms with van der Waals surface area (Å²) in [5, 5.41) is 3.51. The van der Waals surface area contributed by atoms with E-state index in [9.17, 15) is 0 Å². The first kappa shape index (κ1) is 20.7. The standard InChI is InChI=1S/C20H25N2.2ClH/c1-2-15-22(16-13-21-14-17-22)20(18-9-5-3-6-10-18)19-11-7-4-8-12-19;;/h2-12,20-21H,1,13-17H2;2*1H/q+1;;. The van der Waals surface area contributed by atoms with Crippen LogP contribution in [-0.4, -0.2) is 37.2 Å². The highest BCUT2D eigenvalue weighted by Crippen LogP contribution is 2.35. The van der Waals surface area contributed by atoms with Gasteiger partial charge in [0, 0.05) is 24.2 Å². The molecule has 24 heavy (non-hydrogen) atoms. The van der Waals surface area contributed by atoms with E-state index in [-0.39, 0.29) is 24.8 Å². The number of nitrogens with one attached hydrogen (secondary N) is 1. The highest BCUT2D eigenvalue weighted by molar-refractivity contribution is 5.85. The van der Waals surface area contributed by atoms with Crippen LogP contribution in [0.2, 0.25) is 0 Å². The molecule has 2 nitrogen and oxygen atoms in total. The highest BCUT2D eigenvalue weighted by Gasteiger charge is 2.39. The fourth-order valence-corrected chi connectivity index (χ4v) is 3.74. The summed E-state index contributed by atoms with van der Waals surface area (Å²) in [7, 11) is 0. The average molecular weight is 366 g/mol. The summed E-state index contributed by atoms with van der Waals surface area (Å²) in [5.41, 5.74) is 2.80. The Morgan fingerprint density at radius 3 is 1.75 bits per heavy atom. The Balaban J connectivity index is 0.00000144. The molecule has 1 aliphatic rings. The molecule has 1 aliphatic heterocycles. The highest BCUT2D eigenvalue weighted by atomic mass is 35.5. The molecule has 1 fully saturated rings. The van der Waals surface area contributed by atoms with Crippen molar-refractivity contribution in [3.05, 3.63) is 84.4 Å². The van der Waals surface area contributed by atoms with Crippen LogP contribution in [0.5, 0.6) is 0 Å². The zero-order chi connectivity index (χ0) is 15.3. The molecular formula is C20H27Cl2N2+. The lowest BCUT2D eigenvalue weighted by Gasteiger charge is -2.47. The van der Waals surface area contributed by atoms with E-state index >= 15 is 0 Å². The molecule has 0 spiro atoms. The van der Waals surface area contributed by atoms with E-state index in [0.717, 1.165) is 37.2 Å². The van der Waals surface area contributed by atoms with Crippen molar-refractivity contribution < 1.29 is 4.48 Å². The Morgan fingerprint density at radius 1 is 0.875 bits per heavy atom. The maximum Gasteiger partial charge on any atom is 0.141 e. The predicted octanol–water partition coefficient (Wildman–Crippen LogP) is 4.23. The summed E-state index contributed by atoms with van der Waals surface area (Å²) >= 11 is 0. The maximum atomic E-state index is 4.03. The van der Waals surface area contributed by atoms with Gasteiger partial charge in [0.05, 0.1) is 19.6 Å². The monoisotopic (exact) mass is 365 g/mol. The number of halogens is 2. The van der Waals surface area contributed by atoms with E-state index in [4.69, 9.17) is 0 Å². The summed E-state index contributed by atoms with van der Waals surface area (Å²) in [6.07, 6.45) is 2.09. The SMILES string of the molecule is C=CC[N+]1(C(c2ccccc2)c2ccccc2)CCNCC1.Cl.Cl. The Bertz CT molecular complexity index is 556. The fraction of sp³-hybridized carbons (Fsp3) is 0.300. The smallest absolute Gasteiger partial charge is 0.141 e. The minimum atomic E-state index is 0. The van der Waals surface area contributed by atoms with Crippen molar-refractivity contribution in [2.45, 2.75) is 6.04 Å². The number of hydrogen-bond acceptors (Lipinski definition) is 1. The van der Waals surface area contributed by atoms with Crippen LogP contribution in [0.25, 0.3) is 0 Å². The zero-order valence-electron chi connectivity index (χ0n) is 13.9. The van der Waals surface area contributed by atoms with E-state index in [1.165, 1.54) is 11.1 Å². The van der Waals surface area contributed by atoms with Gasteiger partial charge in [-0.25, -0.2) is 0 Å². The van der Waals surface area contributed by atoms with Gasteiger partial charge in [0.25, 0.3) is 0 Å². The van der Waals surface area contributed by atoms with Gasteiger partial charge >= 0.3 is 0 Å². The molecule has 0 aliphatic carbocycles. The van der Waals surface area contributed by atoms with E-state index < -0.39 is 0 Å². The number of benzene rings is 2. The molecule has 4 heteroatoms. The average Bonchev–Trinajstić information content (AvgIpc) is 2.58. The van der Waals surface area contributed by atoms with E-state index in [0.29, 0.717) is 6.04 Å². The molecule has 2 aromatic rings. The van der Waals surface area contributed by atoms with Crippen LogP contribution >= 0.6 is 24.8 Å². The second-order valence-electron chi connectivity index (χ2n) is 6.11. The number of rotatable bonds is 5. The minimum Gasteiger partial charge on any atom is -0.308 e. The Morgan fingerprint density at radius 2 is 1.33 bits per heavy atom. The first-order chi connectivity index (χ1) is 10.9. The van der Waals surface area contributed by atoms with Gasteiger partial charge in [-0.05, 0) is 6.08 Å². The van der Waals surface area contributed by atoms with Crippen LogP contribution in [-0.2, 0) is 0 Å². The van der Waals surface area contributed by atoms with Crippen molar-refractivity contribution in [1.82, 2.24) is 5.32 Å². The molecule has 1 saturated heterocycles. The van der Waals surface area contributed by atoms with Gasteiger partial charge in [-0.3, -0.25) is 0 Å². The van der Waals surface area contributed by atoms with Gasteiger partial charge in [-0.15, -0.1) is 24.8 Å². The predicted molar refractivity (Wildman–Crippen MR) is 107 cm³/mol. The summed E-state index contributed by atoms with van der Waals surface area (Å²) in [6, 6.07) is 22.2. The van der Waals surface area contributed by atoms with Crippen molar-refractivity contribution >= 4 is 24.8 Å². The molecule has 0 atom stereocenters. The Hall–Kier alpha value is -1.32. The molecule has 0 amide bonds. The first-order valence-corrected chi connectivity index (χ1v) is 8.13. The Kier molecular flexibility index (Phi) is 8.51. The van der Waals surface area contributed by atoms with E-state index in [2.05, 4.69) is 78.6 Å². The fourth-order valence-electron chi connectivity index (χ4n) is 3.74. The normalized spacial score (nSPS) is 15.9. The van der Waals surface area contributed by atoms with Gasteiger partial charge in [0.1, 0.15) is 6.04 Å². The van der Waals surface area contributed by atoms with E-state index in [1.807, 2.05) is 0 Å². The zero-order valence-corrected chi connectivity index (χ0v) is 15.6. The third-order valence-electron chi connectivity index (χ3n) is 4.74. The van der Waals surface area contributed by atoms with Crippen molar-refractivity contribution in [2.24, 2.45) is 0 Å². The van der Waals surface area contributed by atoms with Crippen molar-refractivity contribution in [3.63, 3.8) is 0 Å². The number of nitrogens with zero attached hydrogens (tertiary/aromatic N) is 1. The minimum absolute atomic E-state index is 0. The maximum absolute atomic E-state index is 4.03. The van der Waals surface area contributed by atoms with Crippen LogP contribution < -0.4 is 5.32 Å². The molecular weight excluding hydrogens is 339 g/mol. The number of piperazine rings is 1. The molecule has 0 saturated carbocycles. The quantitative estimate of drug-likeness (QED) is 0.617. The van der Waals surface area contributed by atoms with Crippen LogP contribution in [0.1, 0.15) is 17.2 Å². The third kappa shape index (κ3) is 4.40. The van der Waals surface area contributed by atoms with Gasteiger partial charge in [0.15, 0.2) is 0 Å². The Labute approximate surface area is 158 Å².